The molecule has 1 aliphatic carbocycles. The van der Waals surface area contributed by atoms with Crippen LogP contribution < -0.4 is 10.6 Å². The fourth-order valence-corrected chi connectivity index (χ4v) is 2.39. The van der Waals surface area contributed by atoms with Gasteiger partial charge in [0.05, 0.1) is 0 Å². The van der Waals surface area contributed by atoms with Crippen molar-refractivity contribution in [3.63, 3.8) is 0 Å². The minimum absolute atomic E-state index is 0.0969. The van der Waals surface area contributed by atoms with Gasteiger partial charge in [-0.2, -0.15) is 0 Å². The maximum absolute atomic E-state index is 11.7. The first-order chi connectivity index (χ1) is 9.74. The second-order valence-corrected chi connectivity index (χ2v) is 5.09. The van der Waals surface area contributed by atoms with E-state index in [1.165, 1.54) is 25.3 Å². The van der Waals surface area contributed by atoms with Crippen LogP contribution >= 0.6 is 0 Å². The number of amides is 1. The summed E-state index contributed by atoms with van der Waals surface area (Å²) in [5.74, 6) is -0.179. The second-order valence-electron chi connectivity index (χ2n) is 5.09. The predicted molar refractivity (Wildman–Crippen MR) is 81.4 cm³/mol. The summed E-state index contributed by atoms with van der Waals surface area (Å²) in [5.41, 5.74) is 0.967. The Kier molecular flexibility index (Phi) is 5.35. The van der Waals surface area contributed by atoms with Crippen LogP contribution in [0.4, 0.5) is 0 Å². The van der Waals surface area contributed by atoms with Gasteiger partial charge < -0.3 is 5.32 Å². The lowest BCUT2D eigenvalue weighted by Crippen LogP contribution is -2.45. The summed E-state index contributed by atoms with van der Waals surface area (Å²) in [7, 11) is 0. The molecule has 0 aromatic heterocycles. The highest BCUT2D eigenvalue weighted by molar-refractivity contribution is 6.03. The molecule has 1 aliphatic rings. The van der Waals surface area contributed by atoms with Crippen LogP contribution in [0.2, 0.25) is 0 Å². The topological polar surface area (TPSA) is 65.0 Å². The van der Waals surface area contributed by atoms with Gasteiger partial charge in [0.1, 0.15) is 0 Å². The first-order valence-corrected chi connectivity index (χ1v) is 7.13. The van der Waals surface area contributed by atoms with Gasteiger partial charge >= 0.3 is 0 Å². The van der Waals surface area contributed by atoms with E-state index in [1.807, 2.05) is 30.3 Å². The molecule has 1 amide bonds. The fraction of sp³-hybridized carbons (Fsp3) is 0.375. The Bertz CT molecular complexity index is 476. The SMILES string of the molecule is N=C(NC(=O)/C=C/c1ccccc1)NC1CCCCC1. The third-order valence-electron chi connectivity index (χ3n) is 3.43. The minimum Gasteiger partial charge on any atom is -0.353 e. The molecule has 2 rings (SSSR count). The fourth-order valence-electron chi connectivity index (χ4n) is 2.39. The first-order valence-electron chi connectivity index (χ1n) is 7.13. The van der Waals surface area contributed by atoms with Gasteiger partial charge in [-0.1, -0.05) is 49.6 Å². The summed E-state index contributed by atoms with van der Waals surface area (Å²) < 4.78 is 0. The lowest BCUT2D eigenvalue weighted by Gasteiger charge is -2.23. The van der Waals surface area contributed by atoms with E-state index in [2.05, 4.69) is 10.6 Å². The van der Waals surface area contributed by atoms with Gasteiger partial charge in [0, 0.05) is 12.1 Å². The molecule has 3 N–H and O–H groups in total. The zero-order valence-corrected chi connectivity index (χ0v) is 11.6. The molecule has 4 heteroatoms. The Labute approximate surface area is 119 Å². The van der Waals surface area contributed by atoms with Crippen LogP contribution in [0, 0.1) is 5.41 Å². The summed E-state index contributed by atoms with van der Waals surface area (Å²) in [6.45, 7) is 0. The van der Waals surface area contributed by atoms with Crippen molar-refractivity contribution in [2.75, 3.05) is 0 Å². The molecule has 0 bridgehead atoms. The van der Waals surface area contributed by atoms with Crippen LogP contribution in [0.1, 0.15) is 37.7 Å². The van der Waals surface area contributed by atoms with Crippen LogP contribution in [0.25, 0.3) is 6.08 Å². The lowest BCUT2D eigenvalue weighted by molar-refractivity contribution is -0.115. The summed E-state index contributed by atoms with van der Waals surface area (Å²) >= 11 is 0. The molecule has 0 atom stereocenters. The van der Waals surface area contributed by atoms with Gasteiger partial charge in [-0.05, 0) is 24.5 Å². The maximum Gasteiger partial charge on any atom is 0.250 e. The Hall–Kier alpha value is -2.10. The van der Waals surface area contributed by atoms with Gasteiger partial charge in [0.15, 0.2) is 5.96 Å². The summed E-state index contributed by atoms with van der Waals surface area (Å²) in [4.78, 5) is 11.7. The summed E-state index contributed by atoms with van der Waals surface area (Å²) in [6.07, 6.45) is 9.03. The number of carbonyl (C=O) groups excluding carboxylic acids is 1. The van der Waals surface area contributed by atoms with Crippen molar-refractivity contribution < 1.29 is 4.79 Å². The van der Waals surface area contributed by atoms with Gasteiger partial charge in [-0.15, -0.1) is 0 Å². The van der Waals surface area contributed by atoms with E-state index < -0.39 is 0 Å². The molecule has 0 radical (unpaired) electrons. The van der Waals surface area contributed by atoms with Gasteiger partial charge in [-0.25, -0.2) is 0 Å². The molecule has 1 aromatic rings. The van der Waals surface area contributed by atoms with Crippen molar-refractivity contribution in [2.24, 2.45) is 0 Å². The van der Waals surface area contributed by atoms with E-state index in [-0.39, 0.29) is 11.9 Å². The predicted octanol–water partition coefficient (Wildman–Crippen LogP) is 2.67. The molecule has 4 nitrogen and oxygen atoms in total. The zero-order chi connectivity index (χ0) is 14.2. The third kappa shape index (κ3) is 4.88. The van der Waals surface area contributed by atoms with Crippen LogP contribution in [-0.4, -0.2) is 17.9 Å². The lowest BCUT2D eigenvalue weighted by atomic mass is 9.96. The summed E-state index contributed by atoms with van der Waals surface area (Å²) in [6, 6.07) is 9.95. The molecule has 1 aromatic carbocycles. The maximum atomic E-state index is 11.7. The number of rotatable bonds is 3. The molecule has 0 spiro atoms. The van der Waals surface area contributed by atoms with Crippen molar-refractivity contribution in [3.05, 3.63) is 42.0 Å². The van der Waals surface area contributed by atoms with E-state index in [4.69, 9.17) is 5.41 Å². The van der Waals surface area contributed by atoms with Crippen LogP contribution in [0.3, 0.4) is 0 Å². The van der Waals surface area contributed by atoms with Crippen LogP contribution in [0.15, 0.2) is 36.4 Å². The van der Waals surface area contributed by atoms with Crippen molar-refractivity contribution in [1.82, 2.24) is 10.6 Å². The van der Waals surface area contributed by atoms with Crippen LogP contribution in [0.5, 0.6) is 0 Å². The average Bonchev–Trinajstić information content (AvgIpc) is 2.47. The molecule has 20 heavy (non-hydrogen) atoms. The number of guanidine groups is 1. The van der Waals surface area contributed by atoms with E-state index >= 15 is 0 Å². The smallest absolute Gasteiger partial charge is 0.250 e. The third-order valence-corrected chi connectivity index (χ3v) is 3.43. The van der Waals surface area contributed by atoms with Crippen molar-refractivity contribution in [2.45, 2.75) is 38.1 Å². The average molecular weight is 271 g/mol. The quantitative estimate of drug-likeness (QED) is 0.449. The van der Waals surface area contributed by atoms with Gasteiger partial charge in [0.25, 0.3) is 5.91 Å². The Balaban J connectivity index is 1.76. The highest BCUT2D eigenvalue weighted by Crippen LogP contribution is 2.16. The molecule has 1 saturated carbocycles. The van der Waals surface area contributed by atoms with E-state index in [0.717, 1.165) is 18.4 Å². The zero-order valence-electron chi connectivity index (χ0n) is 11.6. The number of benzene rings is 1. The molecule has 0 heterocycles. The summed E-state index contributed by atoms with van der Waals surface area (Å²) in [5, 5.41) is 13.4. The molecular weight excluding hydrogens is 250 g/mol. The molecule has 0 unspecified atom stereocenters. The second kappa shape index (κ2) is 7.48. The van der Waals surface area contributed by atoms with Crippen LogP contribution in [-0.2, 0) is 4.79 Å². The van der Waals surface area contributed by atoms with Crippen molar-refractivity contribution >= 4 is 17.9 Å². The molecule has 106 valence electrons. The highest BCUT2D eigenvalue weighted by Gasteiger charge is 2.14. The normalized spacial score (nSPS) is 16.0. The van der Waals surface area contributed by atoms with Gasteiger partial charge in [-0.3, -0.25) is 15.5 Å². The van der Waals surface area contributed by atoms with E-state index in [9.17, 15) is 4.79 Å². The van der Waals surface area contributed by atoms with Crippen molar-refractivity contribution in [3.8, 4) is 0 Å². The monoisotopic (exact) mass is 271 g/mol. The minimum atomic E-state index is -0.276. The highest BCUT2D eigenvalue weighted by atomic mass is 16.1. The molecule has 1 fully saturated rings. The largest absolute Gasteiger partial charge is 0.353 e. The number of hydrogen-bond acceptors (Lipinski definition) is 2. The Morgan fingerprint density at radius 3 is 2.55 bits per heavy atom. The first kappa shape index (κ1) is 14.3. The number of hydrogen-bond donors (Lipinski definition) is 3. The molecule has 0 saturated heterocycles. The number of nitrogens with one attached hydrogen (secondary N) is 3. The Morgan fingerprint density at radius 2 is 1.85 bits per heavy atom. The Morgan fingerprint density at radius 1 is 1.15 bits per heavy atom. The van der Waals surface area contributed by atoms with E-state index in [1.54, 1.807) is 6.08 Å². The standard InChI is InChI=1S/C16H21N3O/c17-16(18-14-9-5-2-6-10-14)19-15(20)12-11-13-7-3-1-4-8-13/h1,3-4,7-8,11-12,14H,2,5-6,9-10H2,(H3,17,18,19,20)/b12-11+. The molecule has 0 aliphatic heterocycles. The van der Waals surface area contributed by atoms with Crippen molar-refractivity contribution in [1.29, 1.82) is 5.41 Å². The van der Waals surface area contributed by atoms with E-state index in [0.29, 0.717) is 6.04 Å². The molecular formula is C16H21N3O. The number of carbonyl (C=O) groups is 1. The van der Waals surface area contributed by atoms with Gasteiger partial charge in [0.2, 0.25) is 0 Å².